The molecular formula is C23H28N2O2. The van der Waals surface area contributed by atoms with Crippen LogP contribution in [0.15, 0.2) is 40.9 Å². The van der Waals surface area contributed by atoms with Crippen molar-refractivity contribution in [2.24, 2.45) is 10.8 Å². The summed E-state index contributed by atoms with van der Waals surface area (Å²) in [5, 5.41) is 3.54. The summed E-state index contributed by atoms with van der Waals surface area (Å²) < 4.78 is 0. The number of aryl methyl sites for hydroxylation is 1. The van der Waals surface area contributed by atoms with E-state index in [1.165, 1.54) is 0 Å². The Morgan fingerprint density at radius 1 is 0.926 bits per heavy atom. The molecule has 0 bridgehead atoms. The van der Waals surface area contributed by atoms with Crippen LogP contribution in [-0.4, -0.2) is 16.6 Å². The highest BCUT2D eigenvalue weighted by molar-refractivity contribution is 6.06. The van der Waals surface area contributed by atoms with Gasteiger partial charge in [0.25, 0.3) is 0 Å². The van der Waals surface area contributed by atoms with Crippen molar-refractivity contribution in [3.8, 4) is 0 Å². The lowest BCUT2D eigenvalue weighted by molar-refractivity contribution is -0.119. The van der Waals surface area contributed by atoms with Gasteiger partial charge in [-0.15, -0.1) is 0 Å². The summed E-state index contributed by atoms with van der Waals surface area (Å²) in [4.78, 5) is 31.0. The van der Waals surface area contributed by atoms with Gasteiger partial charge in [0.1, 0.15) is 0 Å². The van der Waals surface area contributed by atoms with Crippen LogP contribution in [0.5, 0.6) is 0 Å². The minimum absolute atomic E-state index is 0.0706. The first-order valence-electron chi connectivity index (χ1n) is 9.79. The normalized spacial score (nSPS) is 24.5. The molecule has 0 atom stereocenters. The van der Waals surface area contributed by atoms with Crippen LogP contribution in [0, 0.1) is 17.8 Å². The van der Waals surface area contributed by atoms with Gasteiger partial charge in [-0.3, -0.25) is 14.6 Å². The van der Waals surface area contributed by atoms with Crippen molar-refractivity contribution in [2.45, 2.75) is 66.2 Å². The molecule has 1 aliphatic heterocycles. The number of rotatable bonds is 1. The van der Waals surface area contributed by atoms with Gasteiger partial charge >= 0.3 is 0 Å². The average Bonchev–Trinajstić information content (AvgIpc) is 2.51. The molecule has 0 saturated heterocycles. The van der Waals surface area contributed by atoms with Crippen LogP contribution in [0.25, 0.3) is 0 Å². The van der Waals surface area contributed by atoms with Gasteiger partial charge < -0.3 is 5.32 Å². The maximum absolute atomic E-state index is 13.2. The van der Waals surface area contributed by atoms with Crippen LogP contribution < -0.4 is 5.32 Å². The van der Waals surface area contributed by atoms with Crippen molar-refractivity contribution in [3.05, 3.63) is 52.1 Å². The molecule has 0 fully saturated rings. The summed E-state index contributed by atoms with van der Waals surface area (Å²) in [6, 6.07) is 3.92. The van der Waals surface area contributed by atoms with E-state index in [2.05, 4.69) is 38.0 Å². The molecule has 4 heteroatoms. The molecule has 1 aromatic rings. The lowest BCUT2D eigenvalue weighted by Gasteiger charge is -2.43. The summed E-state index contributed by atoms with van der Waals surface area (Å²) in [7, 11) is 0. The van der Waals surface area contributed by atoms with Gasteiger partial charge in [-0.25, -0.2) is 0 Å². The Morgan fingerprint density at radius 2 is 1.44 bits per heavy atom. The number of hydrogen-bond donors (Lipinski definition) is 1. The molecule has 0 aromatic carbocycles. The number of ketones is 2. The van der Waals surface area contributed by atoms with Gasteiger partial charge in [-0.2, -0.15) is 0 Å². The molecule has 2 aliphatic carbocycles. The molecule has 1 N–H and O–H groups in total. The van der Waals surface area contributed by atoms with Crippen LogP contribution in [-0.2, 0) is 9.59 Å². The van der Waals surface area contributed by atoms with E-state index in [4.69, 9.17) is 0 Å². The zero-order valence-corrected chi connectivity index (χ0v) is 16.9. The molecule has 0 spiro atoms. The number of carbonyl (C=O) groups is 2. The number of aromatic nitrogens is 1. The van der Waals surface area contributed by atoms with Crippen molar-refractivity contribution in [1.29, 1.82) is 0 Å². The van der Waals surface area contributed by atoms with Gasteiger partial charge in [0.15, 0.2) is 11.6 Å². The second-order valence-electron chi connectivity index (χ2n) is 9.93. The topological polar surface area (TPSA) is 59.1 Å². The van der Waals surface area contributed by atoms with Gasteiger partial charge in [0.05, 0.1) is 11.6 Å². The Balaban J connectivity index is 1.94. The third-order valence-electron chi connectivity index (χ3n) is 6.04. The third-order valence-corrected chi connectivity index (χ3v) is 6.04. The number of carbonyl (C=O) groups excluding carboxylic acids is 2. The Labute approximate surface area is 161 Å². The highest BCUT2D eigenvalue weighted by Gasteiger charge is 2.47. The average molecular weight is 364 g/mol. The fourth-order valence-electron chi connectivity index (χ4n) is 4.96. The van der Waals surface area contributed by atoms with Crippen LogP contribution in [0.2, 0.25) is 0 Å². The summed E-state index contributed by atoms with van der Waals surface area (Å²) in [5.41, 5.74) is 5.26. The number of Topliss-reactive ketones (excluding diaryl/α,β-unsaturated/α-hetero) is 2. The smallest absolute Gasteiger partial charge is 0.162 e. The fourth-order valence-corrected chi connectivity index (χ4v) is 4.96. The molecular weight excluding hydrogens is 336 g/mol. The maximum atomic E-state index is 13.2. The molecule has 2 heterocycles. The second kappa shape index (κ2) is 5.88. The van der Waals surface area contributed by atoms with Crippen LogP contribution >= 0.6 is 0 Å². The standard InChI is InChI=1S/C23H28N2O2/c1-13-7-6-8-24-21(13)20-18-14(9-22(2,3)11-16(18)26)25-15-10-23(4,5)12-17(27)19(15)20/h6-8,20,25H,9-12H2,1-5H3. The van der Waals surface area contributed by atoms with E-state index >= 15 is 0 Å². The van der Waals surface area contributed by atoms with Gasteiger partial charge in [-0.05, 0) is 42.2 Å². The Morgan fingerprint density at radius 3 is 1.93 bits per heavy atom. The number of dihydropyridines is 1. The lowest BCUT2D eigenvalue weighted by Crippen LogP contribution is -2.42. The first kappa shape index (κ1) is 18.1. The highest BCUT2D eigenvalue weighted by Crippen LogP contribution is 2.50. The molecule has 27 heavy (non-hydrogen) atoms. The quantitative estimate of drug-likeness (QED) is 0.804. The van der Waals surface area contributed by atoms with E-state index < -0.39 is 0 Å². The van der Waals surface area contributed by atoms with E-state index in [1.807, 2.05) is 19.1 Å². The Kier molecular flexibility index (Phi) is 3.95. The predicted octanol–water partition coefficient (Wildman–Crippen LogP) is 4.36. The Hall–Kier alpha value is -2.23. The molecule has 3 aliphatic rings. The van der Waals surface area contributed by atoms with E-state index in [-0.39, 0.29) is 28.3 Å². The summed E-state index contributed by atoms with van der Waals surface area (Å²) in [6.45, 7) is 10.6. The summed E-state index contributed by atoms with van der Waals surface area (Å²) in [5.74, 6) is -0.0365. The van der Waals surface area contributed by atoms with E-state index in [0.717, 1.165) is 46.6 Å². The Bertz CT molecular complexity index is 866. The van der Waals surface area contributed by atoms with E-state index in [0.29, 0.717) is 12.8 Å². The molecule has 0 unspecified atom stereocenters. The van der Waals surface area contributed by atoms with Gasteiger partial charge in [0.2, 0.25) is 0 Å². The second-order valence-corrected chi connectivity index (χ2v) is 9.93. The first-order valence-corrected chi connectivity index (χ1v) is 9.79. The van der Waals surface area contributed by atoms with Crippen molar-refractivity contribution in [1.82, 2.24) is 10.3 Å². The third kappa shape index (κ3) is 3.05. The minimum atomic E-state index is -0.329. The van der Waals surface area contributed by atoms with Gasteiger partial charge in [0, 0.05) is 41.6 Å². The molecule has 0 saturated carbocycles. The lowest BCUT2D eigenvalue weighted by atomic mass is 9.64. The fraction of sp³-hybridized carbons (Fsp3) is 0.522. The van der Waals surface area contributed by atoms with E-state index in [9.17, 15) is 9.59 Å². The van der Waals surface area contributed by atoms with E-state index in [1.54, 1.807) is 6.20 Å². The van der Waals surface area contributed by atoms with Crippen molar-refractivity contribution >= 4 is 11.6 Å². The monoisotopic (exact) mass is 364 g/mol. The molecule has 1 aromatic heterocycles. The molecule has 0 radical (unpaired) electrons. The zero-order valence-electron chi connectivity index (χ0n) is 16.9. The minimum Gasteiger partial charge on any atom is -0.362 e. The van der Waals surface area contributed by atoms with Crippen LogP contribution in [0.1, 0.15) is 70.6 Å². The number of allylic oxidation sites excluding steroid dienone is 4. The molecule has 0 amide bonds. The van der Waals surface area contributed by atoms with Crippen molar-refractivity contribution in [3.63, 3.8) is 0 Å². The van der Waals surface area contributed by atoms with Crippen LogP contribution in [0.4, 0.5) is 0 Å². The predicted molar refractivity (Wildman–Crippen MR) is 105 cm³/mol. The SMILES string of the molecule is Cc1cccnc1C1C2=C(CC(C)(C)CC2=O)NC2=C1C(=O)CC(C)(C)C2. The summed E-state index contributed by atoms with van der Waals surface area (Å²) in [6.07, 6.45) is 4.43. The number of pyridine rings is 1. The largest absolute Gasteiger partial charge is 0.362 e. The molecule has 4 nitrogen and oxygen atoms in total. The molecule has 4 rings (SSSR count). The maximum Gasteiger partial charge on any atom is 0.162 e. The van der Waals surface area contributed by atoms with Gasteiger partial charge in [-0.1, -0.05) is 33.8 Å². The number of nitrogens with zero attached hydrogens (tertiary/aromatic N) is 1. The zero-order chi connectivity index (χ0) is 19.6. The number of nitrogens with one attached hydrogen (secondary N) is 1. The molecule has 142 valence electrons. The van der Waals surface area contributed by atoms with Crippen molar-refractivity contribution in [2.75, 3.05) is 0 Å². The van der Waals surface area contributed by atoms with Crippen LogP contribution in [0.3, 0.4) is 0 Å². The first-order chi connectivity index (χ1) is 12.6. The van der Waals surface area contributed by atoms with Crippen molar-refractivity contribution < 1.29 is 9.59 Å². The highest BCUT2D eigenvalue weighted by atomic mass is 16.1. The summed E-state index contributed by atoms with van der Waals surface area (Å²) >= 11 is 0. The number of hydrogen-bond acceptors (Lipinski definition) is 4.